The number of rotatable bonds is 5. The van der Waals surface area contributed by atoms with Gasteiger partial charge in [0.05, 0.1) is 15.9 Å². The summed E-state index contributed by atoms with van der Waals surface area (Å²) in [6.45, 7) is 1.47. The minimum Gasteiger partial charge on any atom is -0.379 e. The van der Waals surface area contributed by atoms with Gasteiger partial charge in [0.25, 0.3) is 11.4 Å². The van der Waals surface area contributed by atoms with E-state index in [4.69, 9.17) is 4.18 Å². The van der Waals surface area contributed by atoms with Gasteiger partial charge in [-0.2, -0.15) is 8.42 Å². The molecule has 2 aromatic rings. The average Bonchev–Trinajstić information content (AvgIpc) is 2.46. The molecule has 0 spiro atoms. The zero-order valence-electron chi connectivity index (χ0n) is 11.7. The highest BCUT2D eigenvalue weighted by Gasteiger charge is 2.22. The van der Waals surface area contributed by atoms with Gasteiger partial charge in [0, 0.05) is 17.7 Å². The van der Waals surface area contributed by atoms with Crippen LogP contribution in [0.2, 0.25) is 0 Å². The Labute approximate surface area is 130 Å². The van der Waals surface area contributed by atoms with Crippen LogP contribution in [0.4, 0.5) is 11.4 Å². The molecular weight excluding hydrogens is 328 g/mol. The topological polar surface area (TPSA) is 130 Å². The van der Waals surface area contributed by atoms with Crippen LogP contribution in [-0.4, -0.2) is 18.3 Å². The van der Waals surface area contributed by atoms with Crippen LogP contribution < -0.4 is 4.18 Å². The molecule has 0 fully saturated rings. The van der Waals surface area contributed by atoms with Gasteiger partial charge in [-0.05, 0) is 19.1 Å². The normalized spacial score (nSPS) is 11.0. The van der Waals surface area contributed by atoms with Crippen molar-refractivity contribution >= 4 is 21.5 Å². The minimum atomic E-state index is -4.36. The molecule has 0 amide bonds. The molecule has 0 heterocycles. The Hall–Kier alpha value is -3.01. The van der Waals surface area contributed by atoms with E-state index in [2.05, 4.69) is 0 Å². The van der Waals surface area contributed by atoms with Gasteiger partial charge in [-0.3, -0.25) is 20.2 Å². The van der Waals surface area contributed by atoms with Crippen LogP contribution in [0.15, 0.2) is 47.4 Å². The van der Waals surface area contributed by atoms with E-state index < -0.39 is 24.9 Å². The maximum atomic E-state index is 12.2. The third kappa shape index (κ3) is 3.61. The first-order valence-corrected chi connectivity index (χ1v) is 7.55. The molecule has 0 aliphatic heterocycles. The molecule has 120 valence electrons. The number of hydrogen-bond acceptors (Lipinski definition) is 7. The van der Waals surface area contributed by atoms with E-state index in [1.54, 1.807) is 0 Å². The number of nitro benzene ring substituents is 2. The molecule has 2 aromatic carbocycles. The second-order valence-electron chi connectivity index (χ2n) is 4.50. The zero-order chi connectivity index (χ0) is 17.2. The highest BCUT2D eigenvalue weighted by molar-refractivity contribution is 7.87. The van der Waals surface area contributed by atoms with Crippen molar-refractivity contribution in [2.24, 2.45) is 0 Å². The molecule has 9 nitrogen and oxygen atoms in total. The van der Waals surface area contributed by atoms with Crippen molar-refractivity contribution in [2.45, 2.75) is 11.8 Å². The Kier molecular flexibility index (Phi) is 4.27. The minimum absolute atomic E-state index is 0.262. The fourth-order valence-corrected chi connectivity index (χ4v) is 2.71. The van der Waals surface area contributed by atoms with Crippen molar-refractivity contribution < 1.29 is 22.4 Å². The second-order valence-corrected chi connectivity index (χ2v) is 6.04. The Morgan fingerprint density at radius 1 is 1.00 bits per heavy atom. The molecule has 0 aliphatic rings. The van der Waals surface area contributed by atoms with E-state index in [1.165, 1.54) is 31.2 Å². The summed E-state index contributed by atoms with van der Waals surface area (Å²) < 4.78 is 29.1. The molecular formula is C13H10N2O7S. The monoisotopic (exact) mass is 338 g/mol. The van der Waals surface area contributed by atoms with Crippen molar-refractivity contribution in [1.29, 1.82) is 0 Å². The van der Waals surface area contributed by atoms with Crippen LogP contribution in [-0.2, 0) is 10.1 Å². The molecule has 10 heteroatoms. The van der Waals surface area contributed by atoms with Crippen LogP contribution in [0.1, 0.15) is 5.56 Å². The average molecular weight is 338 g/mol. The summed E-state index contributed by atoms with van der Waals surface area (Å²) in [6.07, 6.45) is 0. The van der Waals surface area contributed by atoms with E-state index in [9.17, 15) is 28.6 Å². The largest absolute Gasteiger partial charge is 0.379 e. The summed E-state index contributed by atoms with van der Waals surface area (Å²) in [5.74, 6) is -0.262. The fraction of sp³-hybridized carbons (Fsp3) is 0.0769. The molecule has 0 aliphatic carbocycles. The summed E-state index contributed by atoms with van der Waals surface area (Å²) >= 11 is 0. The summed E-state index contributed by atoms with van der Waals surface area (Å²) in [4.78, 5) is 19.7. The number of hydrogen-bond donors (Lipinski definition) is 0. The standard InChI is InChI=1S/C13H10N2O7S/c1-9-5-6-12(8-13(9)15(18)19)23(20,21)22-11-4-2-3-10(7-11)14(16)17/h2-8H,1H3. The molecule has 2 rings (SSSR count). The van der Waals surface area contributed by atoms with E-state index >= 15 is 0 Å². The lowest BCUT2D eigenvalue weighted by molar-refractivity contribution is -0.385. The number of nitrogens with zero attached hydrogens (tertiary/aromatic N) is 2. The van der Waals surface area contributed by atoms with Crippen LogP contribution in [0.25, 0.3) is 0 Å². The van der Waals surface area contributed by atoms with Gasteiger partial charge < -0.3 is 4.18 Å². The Balaban J connectivity index is 2.40. The molecule has 0 atom stereocenters. The number of aryl methyl sites for hydroxylation is 1. The highest BCUT2D eigenvalue weighted by atomic mass is 32.2. The molecule has 0 bridgehead atoms. The van der Waals surface area contributed by atoms with Crippen molar-refractivity contribution in [1.82, 2.24) is 0 Å². The predicted molar refractivity (Wildman–Crippen MR) is 78.7 cm³/mol. The van der Waals surface area contributed by atoms with Gasteiger partial charge >= 0.3 is 10.1 Å². The van der Waals surface area contributed by atoms with Crippen LogP contribution in [0.3, 0.4) is 0 Å². The third-order valence-corrected chi connectivity index (χ3v) is 4.14. The number of benzene rings is 2. The summed E-state index contributed by atoms with van der Waals surface area (Å²) in [5, 5.41) is 21.5. The molecule has 0 saturated heterocycles. The second kappa shape index (κ2) is 6.01. The maximum absolute atomic E-state index is 12.2. The number of non-ortho nitro benzene ring substituents is 1. The Morgan fingerprint density at radius 3 is 2.30 bits per heavy atom. The van der Waals surface area contributed by atoms with Crippen molar-refractivity contribution in [2.75, 3.05) is 0 Å². The molecule has 0 N–H and O–H groups in total. The molecule has 23 heavy (non-hydrogen) atoms. The van der Waals surface area contributed by atoms with Gasteiger partial charge in [-0.1, -0.05) is 12.1 Å². The quantitative estimate of drug-likeness (QED) is 0.465. The lowest BCUT2D eigenvalue weighted by Crippen LogP contribution is -2.10. The van der Waals surface area contributed by atoms with Gasteiger partial charge in [0.1, 0.15) is 10.6 Å². The smallest absolute Gasteiger partial charge is 0.339 e. The van der Waals surface area contributed by atoms with Gasteiger partial charge in [0.2, 0.25) is 0 Å². The summed E-state index contributed by atoms with van der Waals surface area (Å²) in [6, 6.07) is 7.93. The first kappa shape index (κ1) is 16.4. The van der Waals surface area contributed by atoms with Crippen LogP contribution in [0.5, 0.6) is 5.75 Å². The summed E-state index contributed by atoms with van der Waals surface area (Å²) in [5.41, 5.74) is -0.411. The van der Waals surface area contributed by atoms with Crippen LogP contribution in [0, 0.1) is 27.2 Å². The molecule has 0 unspecified atom stereocenters. The Bertz CT molecular complexity index is 893. The molecule has 0 saturated carbocycles. The lowest BCUT2D eigenvalue weighted by Gasteiger charge is -2.07. The third-order valence-electron chi connectivity index (χ3n) is 2.90. The summed E-state index contributed by atoms with van der Waals surface area (Å²) in [7, 11) is -4.36. The van der Waals surface area contributed by atoms with Gasteiger partial charge in [-0.15, -0.1) is 0 Å². The van der Waals surface area contributed by atoms with Crippen molar-refractivity contribution in [3.8, 4) is 5.75 Å². The SMILES string of the molecule is Cc1ccc(S(=O)(=O)Oc2cccc([N+](=O)[O-])c2)cc1[N+](=O)[O-]. The van der Waals surface area contributed by atoms with Gasteiger partial charge in [-0.25, -0.2) is 0 Å². The fourth-order valence-electron chi connectivity index (χ4n) is 1.77. The van der Waals surface area contributed by atoms with E-state index in [-0.39, 0.29) is 17.1 Å². The molecule has 0 radical (unpaired) electrons. The first-order chi connectivity index (χ1) is 10.7. The van der Waals surface area contributed by atoms with Crippen molar-refractivity contribution in [3.63, 3.8) is 0 Å². The van der Waals surface area contributed by atoms with Crippen molar-refractivity contribution in [3.05, 3.63) is 68.3 Å². The van der Waals surface area contributed by atoms with E-state index in [0.717, 1.165) is 18.2 Å². The van der Waals surface area contributed by atoms with E-state index in [0.29, 0.717) is 5.56 Å². The Morgan fingerprint density at radius 2 is 1.70 bits per heavy atom. The molecule has 0 aromatic heterocycles. The van der Waals surface area contributed by atoms with E-state index in [1.807, 2.05) is 0 Å². The number of nitro groups is 2. The predicted octanol–water partition coefficient (Wildman–Crippen LogP) is 2.58. The van der Waals surface area contributed by atoms with Gasteiger partial charge in [0.15, 0.2) is 0 Å². The van der Waals surface area contributed by atoms with Crippen LogP contribution >= 0.6 is 0 Å². The zero-order valence-corrected chi connectivity index (χ0v) is 12.5. The lowest BCUT2D eigenvalue weighted by atomic mass is 10.2. The first-order valence-electron chi connectivity index (χ1n) is 6.15. The highest BCUT2D eigenvalue weighted by Crippen LogP contribution is 2.26. The maximum Gasteiger partial charge on any atom is 0.339 e.